The first kappa shape index (κ1) is 18.2. The number of urea groups is 1. The lowest BCUT2D eigenvalue weighted by molar-refractivity contribution is -0.140. The number of nitrogens with zero attached hydrogens (tertiary/aromatic N) is 1. The molecule has 0 saturated heterocycles. The van der Waals surface area contributed by atoms with E-state index in [0.717, 1.165) is 11.3 Å². The van der Waals surface area contributed by atoms with Crippen LogP contribution >= 0.6 is 0 Å². The van der Waals surface area contributed by atoms with E-state index >= 15 is 0 Å². The summed E-state index contributed by atoms with van der Waals surface area (Å²) in [5.74, 6) is 0.596. The van der Waals surface area contributed by atoms with Crippen molar-refractivity contribution in [3.05, 3.63) is 41.1 Å². The Morgan fingerprint density at radius 1 is 1.19 bits per heavy atom. The minimum Gasteiger partial charge on any atom is -0.494 e. The summed E-state index contributed by atoms with van der Waals surface area (Å²) in [6.45, 7) is 3.09. The monoisotopic (exact) mass is 361 g/mol. The van der Waals surface area contributed by atoms with Crippen molar-refractivity contribution in [3.63, 3.8) is 0 Å². The van der Waals surface area contributed by atoms with Crippen LogP contribution in [0.2, 0.25) is 0 Å². The van der Waals surface area contributed by atoms with Crippen LogP contribution in [0.3, 0.4) is 0 Å². The Hall–Kier alpha value is -2.58. The Kier molecular flexibility index (Phi) is 5.43. The summed E-state index contributed by atoms with van der Waals surface area (Å²) in [5.41, 5.74) is 1.98. The number of nitrogens with one attached hydrogen (secondary N) is 2. The molecule has 2 aliphatic heterocycles. The van der Waals surface area contributed by atoms with E-state index in [1.165, 1.54) is 14.2 Å². The maximum absolute atomic E-state index is 12.9. The van der Waals surface area contributed by atoms with Crippen molar-refractivity contribution in [1.29, 1.82) is 0 Å². The summed E-state index contributed by atoms with van der Waals surface area (Å²) in [6.07, 6.45) is -0.520. The fourth-order valence-corrected chi connectivity index (χ4v) is 3.17. The van der Waals surface area contributed by atoms with Crippen LogP contribution in [0.1, 0.15) is 18.5 Å². The van der Waals surface area contributed by atoms with E-state index in [9.17, 15) is 9.59 Å². The molecule has 2 aliphatic rings. The lowest BCUT2D eigenvalue weighted by Crippen LogP contribution is -2.44. The number of methoxy groups -OCH3 is 2. The minimum atomic E-state index is -0.520. The quantitative estimate of drug-likeness (QED) is 0.712. The van der Waals surface area contributed by atoms with Crippen molar-refractivity contribution in [2.75, 3.05) is 33.9 Å². The fraction of sp³-hybridized carbons (Fsp3) is 0.444. The van der Waals surface area contributed by atoms with Crippen LogP contribution in [0.25, 0.3) is 0 Å². The molecule has 2 heterocycles. The zero-order valence-electron chi connectivity index (χ0n) is 15.1. The van der Waals surface area contributed by atoms with Gasteiger partial charge in [0, 0.05) is 14.2 Å². The van der Waals surface area contributed by atoms with Crippen molar-refractivity contribution in [2.24, 2.45) is 0 Å². The van der Waals surface area contributed by atoms with Crippen LogP contribution in [-0.2, 0) is 14.3 Å². The third kappa shape index (κ3) is 3.51. The largest absolute Gasteiger partial charge is 0.494 e. The highest BCUT2D eigenvalue weighted by molar-refractivity contribution is 6.01. The summed E-state index contributed by atoms with van der Waals surface area (Å²) in [6, 6.07) is 6.54. The Bertz CT molecular complexity index is 712. The molecule has 1 aromatic carbocycles. The van der Waals surface area contributed by atoms with Crippen molar-refractivity contribution in [2.45, 2.75) is 19.3 Å². The molecule has 3 amide bonds. The number of benzene rings is 1. The van der Waals surface area contributed by atoms with E-state index in [1.807, 2.05) is 31.2 Å². The van der Waals surface area contributed by atoms with Crippen LogP contribution in [0, 0.1) is 0 Å². The molecular weight excluding hydrogens is 338 g/mol. The van der Waals surface area contributed by atoms with Crippen LogP contribution < -0.4 is 15.4 Å². The highest BCUT2D eigenvalue weighted by Gasteiger charge is 2.40. The number of rotatable bonds is 7. The molecular formula is C18H23N3O5. The maximum atomic E-state index is 12.9. The van der Waals surface area contributed by atoms with E-state index in [1.54, 1.807) is 4.90 Å². The smallest absolute Gasteiger partial charge is 0.319 e. The van der Waals surface area contributed by atoms with E-state index < -0.39 is 12.3 Å². The molecule has 0 spiro atoms. The molecule has 3 rings (SSSR count). The highest BCUT2D eigenvalue weighted by Crippen LogP contribution is 2.33. The summed E-state index contributed by atoms with van der Waals surface area (Å²) in [4.78, 5) is 26.6. The van der Waals surface area contributed by atoms with Gasteiger partial charge < -0.3 is 29.7 Å². The van der Waals surface area contributed by atoms with Gasteiger partial charge in [0.15, 0.2) is 6.29 Å². The molecule has 0 radical (unpaired) electrons. The van der Waals surface area contributed by atoms with Gasteiger partial charge in [-0.05, 0) is 24.6 Å². The molecule has 140 valence electrons. The second-order valence-electron chi connectivity index (χ2n) is 6.01. The molecule has 8 heteroatoms. The standard InChI is InChI=1S/C18H23N3O5/c1-4-26-12-7-5-11(6-8-12)16-15-13(19-18(23)20-16)9-21(17(15)22)10-14(24-2)25-3/h5-8,14,16H,4,9-10H2,1-3H3,(H2,19,20,23)/t16-/m0/s1. The highest BCUT2D eigenvalue weighted by atomic mass is 16.7. The van der Waals surface area contributed by atoms with Gasteiger partial charge in [-0.1, -0.05) is 12.1 Å². The summed E-state index contributed by atoms with van der Waals surface area (Å²) in [7, 11) is 3.04. The molecule has 0 bridgehead atoms. The summed E-state index contributed by atoms with van der Waals surface area (Å²) in [5, 5.41) is 5.57. The predicted octanol–water partition coefficient (Wildman–Crippen LogP) is 1.15. The summed E-state index contributed by atoms with van der Waals surface area (Å²) < 4.78 is 15.8. The average Bonchev–Trinajstić information content (AvgIpc) is 2.95. The van der Waals surface area contributed by atoms with Crippen LogP contribution in [0.5, 0.6) is 5.75 Å². The Morgan fingerprint density at radius 3 is 2.50 bits per heavy atom. The minimum absolute atomic E-state index is 0.148. The number of hydrogen-bond acceptors (Lipinski definition) is 5. The molecule has 0 aliphatic carbocycles. The molecule has 0 unspecified atom stereocenters. The predicted molar refractivity (Wildman–Crippen MR) is 93.4 cm³/mol. The van der Waals surface area contributed by atoms with E-state index in [2.05, 4.69) is 10.6 Å². The number of hydrogen-bond donors (Lipinski definition) is 2. The number of amides is 3. The van der Waals surface area contributed by atoms with Gasteiger partial charge in [0.1, 0.15) is 5.75 Å². The first-order valence-corrected chi connectivity index (χ1v) is 8.45. The van der Waals surface area contributed by atoms with Crippen molar-refractivity contribution in [1.82, 2.24) is 15.5 Å². The first-order chi connectivity index (χ1) is 12.6. The van der Waals surface area contributed by atoms with Crippen molar-refractivity contribution < 1.29 is 23.8 Å². The molecule has 1 atom stereocenters. The molecule has 2 N–H and O–H groups in total. The Morgan fingerprint density at radius 2 is 1.88 bits per heavy atom. The maximum Gasteiger partial charge on any atom is 0.319 e. The van der Waals surface area contributed by atoms with Gasteiger partial charge in [0.05, 0.1) is 37.0 Å². The first-order valence-electron chi connectivity index (χ1n) is 8.45. The van der Waals surface area contributed by atoms with Crippen LogP contribution in [0.4, 0.5) is 4.79 Å². The summed E-state index contributed by atoms with van der Waals surface area (Å²) >= 11 is 0. The fourth-order valence-electron chi connectivity index (χ4n) is 3.17. The van der Waals surface area contributed by atoms with Crippen molar-refractivity contribution in [3.8, 4) is 5.75 Å². The second kappa shape index (κ2) is 7.76. The molecule has 1 aromatic rings. The molecule has 26 heavy (non-hydrogen) atoms. The van der Waals surface area contributed by atoms with Gasteiger partial charge in [0.25, 0.3) is 5.91 Å². The van der Waals surface area contributed by atoms with E-state index in [0.29, 0.717) is 24.4 Å². The van der Waals surface area contributed by atoms with Crippen molar-refractivity contribution >= 4 is 11.9 Å². The van der Waals surface area contributed by atoms with Gasteiger partial charge in [-0.2, -0.15) is 0 Å². The third-order valence-electron chi connectivity index (χ3n) is 4.44. The van der Waals surface area contributed by atoms with E-state index in [4.69, 9.17) is 14.2 Å². The molecule has 0 fully saturated rings. The second-order valence-corrected chi connectivity index (χ2v) is 6.01. The lowest BCUT2D eigenvalue weighted by Gasteiger charge is -2.26. The van der Waals surface area contributed by atoms with Crippen LogP contribution in [-0.4, -0.2) is 57.0 Å². The van der Waals surface area contributed by atoms with Gasteiger partial charge in [0.2, 0.25) is 0 Å². The van der Waals surface area contributed by atoms with Gasteiger partial charge in [-0.3, -0.25) is 4.79 Å². The van der Waals surface area contributed by atoms with E-state index in [-0.39, 0.29) is 18.5 Å². The zero-order chi connectivity index (χ0) is 18.7. The SMILES string of the molecule is CCOc1ccc([C@@H]2NC(=O)NC3=C2C(=O)N(CC(OC)OC)C3)cc1. The number of carbonyl (C=O) groups is 2. The number of ether oxygens (including phenoxy) is 3. The topological polar surface area (TPSA) is 89.1 Å². The average molecular weight is 361 g/mol. The zero-order valence-corrected chi connectivity index (χ0v) is 15.1. The molecule has 0 aromatic heterocycles. The lowest BCUT2D eigenvalue weighted by atomic mass is 9.96. The van der Waals surface area contributed by atoms with Crippen LogP contribution in [0.15, 0.2) is 35.5 Å². The number of carbonyl (C=O) groups excluding carboxylic acids is 2. The van der Waals surface area contributed by atoms with Gasteiger partial charge in [-0.25, -0.2) is 4.79 Å². The Labute approximate surface area is 152 Å². The molecule has 8 nitrogen and oxygen atoms in total. The molecule has 0 saturated carbocycles. The van der Waals surface area contributed by atoms with Gasteiger partial charge in [-0.15, -0.1) is 0 Å². The van der Waals surface area contributed by atoms with Gasteiger partial charge >= 0.3 is 6.03 Å². The third-order valence-corrected chi connectivity index (χ3v) is 4.44. The Balaban J connectivity index is 1.84. The normalized spacial score (nSPS) is 19.5.